The van der Waals surface area contributed by atoms with Crippen molar-refractivity contribution < 1.29 is 9.13 Å². The summed E-state index contributed by atoms with van der Waals surface area (Å²) in [4.78, 5) is 7.88. The van der Waals surface area contributed by atoms with Crippen LogP contribution in [0.15, 0.2) is 28.9 Å². The molecule has 0 amide bonds. The van der Waals surface area contributed by atoms with E-state index in [1.165, 1.54) is 12.3 Å². The largest absolute Gasteiger partial charge is 0.438 e. The highest BCUT2D eigenvalue weighted by atomic mass is 79.9. The Hall–Kier alpha value is -1.73. The van der Waals surface area contributed by atoms with E-state index in [1.807, 2.05) is 0 Å². The highest BCUT2D eigenvalue weighted by Crippen LogP contribution is 2.28. The van der Waals surface area contributed by atoms with Crippen molar-refractivity contribution in [2.75, 3.05) is 5.43 Å². The summed E-state index contributed by atoms with van der Waals surface area (Å²) in [5.41, 5.74) is 2.85. The van der Waals surface area contributed by atoms with Gasteiger partial charge in [-0.05, 0) is 34.5 Å². The minimum absolute atomic E-state index is 0.209. The van der Waals surface area contributed by atoms with Crippen molar-refractivity contribution in [2.24, 2.45) is 5.84 Å². The van der Waals surface area contributed by atoms with Gasteiger partial charge in [-0.1, -0.05) is 6.07 Å². The van der Waals surface area contributed by atoms with Gasteiger partial charge in [0.25, 0.3) is 0 Å². The lowest BCUT2D eigenvalue weighted by Gasteiger charge is -2.08. The highest BCUT2D eigenvalue weighted by Gasteiger charge is 2.08. The molecule has 0 bridgehead atoms. The van der Waals surface area contributed by atoms with Gasteiger partial charge < -0.3 is 4.74 Å². The normalized spacial score (nSPS) is 10.2. The van der Waals surface area contributed by atoms with Crippen molar-refractivity contribution in [3.8, 4) is 11.6 Å². The van der Waals surface area contributed by atoms with Crippen LogP contribution in [0.3, 0.4) is 0 Å². The summed E-state index contributed by atoms with van der Waals surface area (Å²) in [6.07, 6.45) is 1.49. The van der Waals surface area contributed by atoms with Gasteiger partial charge in [0.1, 0.15) is 11.6 Å². The summed E-state index contributed by atoms with van der Waals surface area (Å²) in [5.74, 6) is 5.67. The van der Waals surface area contributed by atoms with E-state index in [9.17, 15) is 4.39 Å². The van der Waals surface area contributed by atoms with Gasteiger partial charge in [-0.2, -0.15) is 4.98 Å². The lowest BCUT2D eigenvalue weighted by Crippen LogP contribution is -2.10. The fourth-order valence-electron chi connectivity index (χ4n) is 1.24. The van der Waals surface area contributed by atoms with Crippen molar-refractivity contribution in [1.82, 2.24) is 9.97 Å². The van der Waals surface area contributed by atoms with Crippen molar-refractivity contribution in [3.05, 3.63) is 40.2 Å². The van der Waals surface area contributed by atoms with E-state index in [0.717, 1.165) is 0 Å². The number of benzene rings is 1. The molecule has 0 aliphatic rings. The number of nitrogens with one attached hydrogen (secondary N) is 1. The molecule has 7 heteroatoms. The number of hydrogen-bond acceptors (Lipinski definition) is 5. The minimum atomic E-state index is -0.338. The van der Waals surface area contributed by atoms with Gasteiger partial charge in [0.2, 0.25) is 11.8 Å². The third-order valence-electron chi connectivity index (χ3n) is 2.20. The van der Waals surface area contributed by atoms with Crippen LogP contribution in [0.1, 0.15) is 5.56 Å². The predicted octanol–water partition coefficient (Wildman–Crippen LogP) is 2.76. The lowest BCUT2D eigenvalue weighted by molar-refractivity contribution is 0.453. The molecule has 0 radical (unpaired) electrons. The van der Waals surface area contributed by atoms with Crippen molar-refractivity contribution in [1.29, 1.82) is 0 Å². The van der Waals surface area contributed by atoms with Crippen LogP contribution < -0.4 is 16.0 Å². The Morgan fingerprint density at radius 1 is 1.44 bits per heavy atom. The van der Waals surface area contributed by atoms with Crippen molar-refractivity contribution in [2.45, 2.75) is 6.92 Å². The van der Waals surface area contributed by atoms with Crippen LogP contribution in [-0.2, 0) is 0 Å². The Labute approximate surface area is 111 Å². The van der Waals surface area contributed by atoms with Crippen LogP contribution in [0.25, 0.3) is 0 Å². The molecule has 1 heterocycles. The highest BCUT2D eigenvalue weighted by molar-refractivity contribution is 9.10. The first kappa shape index (κ1) is 12.7. The van der Waals surface area contributed by atoms with Crippen LogP contribution in [0.4, 0.5) is 10.3 Å². The maximum Gasteiger partial charge on any atom is 0.240 e. The van der Waals surface area contributed by atoms with Gasteiger partial charge in [-0.25, -0.2) is 15.2 Å². The monoisotopic (exact) mass is 312 g/mol. The molecule has 3 N–H and O–H groups in total. The van der Waals surface area contributed by atoms with Crippen LogP contribution in [0, 0.1) is 12.7 Å². The molecule has 0 saturated heterocycles. The molecular formula is C11H10BrFN4O. The van der Waals surface area contributed by atoms with Gasteiger partial charge in [0.05, 0.1) is 10.7 Å². The van der Waals surface area contributed by atoms with Gasteiger partial charge in [-0.15, -0.1) is 0 Å². The van der Waals surface area contributed by atoms with Gasteiger partial charge >= 0.3 is 0 Å². The summed E-state index contributed by atoms with van der Waals surface area (Å²) in [6, 6.07) is 4.57. The molecule has 0 aliphatic carbocycles. The Kier molecular flexibility index (Phi) is 3.73. The molecule has 0 aliphatic heterocycles. The Bertz CT molecular complexity index is 579. The molecule has 0 saturated carbocycles. The number of nitrogens with two attached hydrogens (primary N) is 1. The van der Waals surface area contributed by atoms with E-state index in [2.05, 4.69) is 31.3 Å². The van der Waals surface area contributed by atoms with Crippen LogP contribution in [-0.4, -0.2) is 9.97 Å². The molecular weight excluding hydrogens is 303 g/mol. The van der Waals surface area contributed by atoms with E-state index in [1.54, 1.807) is 19.1 Å². The summed E-state index contributed by atoms with van der Waals surface area (Å²) in [6.45, 7) is 1.68. The number of nitrogens with zero attached hydrogens (tertiary/aromatic N) is 2. The zero-order valence-electron chi connectivity index (χ0n) is 9.45. The first-order valence-electron chi connectivity index (χ1n) is 5.03. The third kappa shape index (κ3) is 2.74. The number of hydrazine groups is 1. The van der Waals surface area contributed by atoms with Crippen molar-refractivity contribution in [3.63, 3.8) is 0 Å². The zero-order valence-corrected chi connectivity index (χ0v) is 11.0. The average Bonchev–Trinajstić information content (AvgIpc) is 2.36. The lowest BCUT2D eigenvalue weighted by atomic mass is 10.2. The average molecular weight is 313 g/mol. The van der Waals surface area contributed by atoms with Crippen LogP contribution >= 0.6 is 15.9 Å². The van der Waals surface area contributed by atoms with E-state index >= 15 is 0 Å². The second kappa shape index (κ2) is 5.28. The number of halogens is 2. The summed E-state index contributed by atoms with van der Waals surface area (Å²) in [7, 11) is 0. The van der Waals surface area contributed by atoms with Gasteiger partial charge in [-0.3, -0.25) is 5.43 Å². The van der Waals surface area contributed by atoms with E-state index < -0.39 is 0 Å². The quantitative estimate of drug-likeness (QED) is 0.673. The zero-order chi connectivity index (χ0) is 13.1. The number of ether oxygens (including phenoxy) is 1. The summed E-state index contributed by atoms with van der Waals surface area (Å²) in [5, 5.41) is 0. The molecule has 0 fully saturated rings. The number of aromatic nitrogens is 2. The predicted molar refractivity (Wildman–Crippen MR) is 68.8 cm³/mol. The number of rotatable bonds is 3. The molecule has 1 aromatic carbocycles. The van der Waals surface area contributed by atoms with Crippen molar-refractivity contribution >= 4 is 21.9 Å². The third-order valence-corrected chi connectivity index (χ3v) is 2.74. The Morgan fingerprint density at radius 3 is 2.89 bits per heavy atom. The fourth-order valence-corrected chi connectivity index (χ4v) is 1.51. The van der Waals surface area contributed by atoms with Crippen LogP contribution in [0.5, 0.6) is 11.6 Å². The molecule has 2 rings (SSSR count). The molecule has 18 heavy (non-hydrogen) atoms. The number of hydrogen-bond donors (Lipinski definition) is 2. The Balaban J connectivity index is 2.30. The smallest absolute Gasteiger partial charge is 0.240 e. The topological polar surface area (TPSA) is 73.1 Å². The standard InChI is InChI=1S/C11H10BrFN4O/c1-6-2-3-7(4-9(6)13)18-10-8(12)5-15-11(16-10)17-14/h2-5H,14H2,1H3,(H,15,16,17). The fraction of sp³-hybridized carbons (Fsp3) is 0.0909. The minimum Gasteiger partial charge on any atom is -0.438 e. The second-order valence-electron chi connectivity index (χ2n) is 3.50. The Morgan fingerprint density at radius 2 is 2.22 bits per heavy atom. The molecule has 0 spiro atoms. The van der Waals surface area contributed by atoms with Crippen LogP contribution in [0.2, 0.25) is 0 Å². The first-order valence-corrected chi connectivity index (χ1v) is 5.82. The molecule has 5 nitrogen and oxygen atoms in total. The molecule has 94 valence electrons. The van der Waals surface area contributed by atoms with Gasteiger partial charge in [0.15, 0.2) is 0 Å². The molecule has 1 aromatic heterocycles. The number of nitrogen functional groups attached to an aromatic ring is 1. The molecule has 0 atom stereocenters. The first-order chi connectivity index (χ1) is 8.60. The number of aryl methyl sites for hydroxylation is 1. The molecule has 2 aromatic rings. The van der Waals surface area contributed by atoms with E-state index in [4.69, 9.17) is 10.6 Å². The van der Waals surface area contributed by atoms with E-state index in [0.29, 0.717) is 15.8 Å². The summed E-state index contributed by atoms with van der Waals surface area (Å²) < 4.78 is 19.4. The summed E-state index contributed by atoms with van der Waals surface area (Å²) >= 11 is 3.24. The molecule has 0 unspecified atom stereocenters. The van der Waals surface area contributed by atoms with Gasteiger partial charge in [0, 0.05) is 6.07 Å². The SMILES string of the molecule is Cc1ccc(Oc2nc(NN)ncc2Br)cc1F. The maximum atomic E-state index is 13.4. The number of anilines is 1. The maximum absolute atomic E-state index is 13.4. The second-order valence-corrected chi connectivity index (χ2v) is 4.36. The van der Waals surface area contributed by atoms with E-state index in [-0.39, 0.29) is 17.6 Å².